The maximum atomic E-state index is 4.13. The Balaban J connectivity index is 2.34. The van der Waals surface area contributed by atoms with Crippen molar-refractivity contribution in [1.29, 1.82) is 0 Å². The minimum absolute atomic E-state index is 0.415. The first-order valence-electron chi connectivity index (χ1n) is 4.12. The number of aromatic amines is 1. The van der Waals surface area contributed by atoms with Gasteiger partial charge in [0.1, 0.15) is 5.52 Å². The van der Waals surface area contributed by atoms with Crippen LogP contribution in [0.25, 0.3) is 11.2 Å². The fourth-order valence-corrected chi connectivity index (χ4v) is 0.956. The molecule has 2 aromatic heterocycles. The summed E-state index contributed by atoms with van der Waals surface area (Å²) in [5.74, 6) is 0.415. The van der Waals surface area contributed by atoms with E-state index in [1.54, 1.807) is 18.9 Å². The summed E-state index contributed by atoms with van der Waals surface area (Å²) in [6.07, 6.45) is 4.89. The molecule has 0 atom stereocenters. The number of nitrogens with zero attached hydrogens (tertiary/aromatic N) is 5. The first-order chi connectivity index (χ1) is 6.75. The molecule has 1 N–H and O–H groups in total. The predicted molar refractivity (Wildman–Crippen MR) is 53.5 cm³/mol. The van der Waals surface area contributed by atoms with Crippen molar-refractivity contribution in [1.82, 2.24) is 24.8 Å². The van der Waals surface area contributed by atoms with Gasteiger partial charge in [0.25, 0.3) is 5.95 Å². The molecule has 0 amide bonds. The number of hydrogen-bond acceptors (Lipinski definition) is 4. The minimum Gasteiger partial charge on any atom is -0.369 e. The third-order valence-electron chi connectivity index (χ3n) is 1.57. The Bertz CT molecular complexity index is 458. The topological polar surface area (TPSA) is 70.1 Å². The van der Waals surface area contributed by atoms with Crippen LogP contribution in [0.2, 0.25) is 0 Å². The van der Waals surface area contributed by atoms with Gasteiger partial charge >= 0.3 is 0 Å². The summed E-state index contributed by atoms with van der Waals surface area (Å²) in [5.41, 5.74) is 1.44. The molecule has 0 aliphatic heterocycles. The maximum Gasteiger partial charge on any atom is 0.252 e. The molecule has 0 spiro atoms. The van der Waals surface area contributed by atoms with Gasteiger partial charge < -0.3 is 9.88 Å². The van der Waals surface area contributed by atoms with Crippen LogP contribution < -0.4 is 0 Å². The second kappa shape index (κ2) is 3.41. The van der Waals surface area contributed by atoms with Gasteiger partial charge in [-0.3, -0.25) is 0 Å². The standard InChI is InChI=1S/C8H10N6/c1-14(2)5-12-8-9-3-6-7(13-8)11-4-10-6/h3-5H,1-2H3,(H,9,10,11,13). The Labute approximate surface area is 80.7 Å². The van der Waals surface area contributed by atoms with Crippen LogP contribution in [0.3, 0.4) is 0 Å². The molecule has 0 saturated carbocycles. The van der Waals surface area contributed by atoms with Crippen molar-refractivity contribution >= 4 is 23.5 Å². The zero-order chi connectivity index (χ0) is 9.97. The lowest BCUT2D eigenvalue weighted by Gasteiger charge is -2.00. The molecule has 0 aliphatic rings. The Morgan fingerprint density at radius 3 is 3.07 bits per heavy atom. The SMILES string of the molecule is CN(C)C=Nc1ncc2[nH]cnc2n1. The van der Waals surface area contributed by atoms with Gasteiger partial charge in [-0.15, -0.1) is 0 Å². The van der Waals surface area contributed by atoms with Crippen LogP contribution in [0.1, 0.15) is 0 Å². The zero-order valence-electron chi connectivity index (χ0n) is 7.97. The lowest BCUT2D eigenvalue weighted by molar-refractivity contribution is 0.642. The van der Waals surface area contributed by atoms with Crippen LogP contribution >= 0.6 is 0 Å². The number of rotatable bonds is 2. The Kier molecular flexibility index (Phi) is 2.10. The predicted octanol–water partition coefficient (Wildman–Crippen LogP) is 0.574. The van der Waals surface area contributed by atoms with Gasteiger partial charge in [-0.25, -0.2) is 15.0 Å². The summed E-state index contributed by atoms with van der Waals surface area (Å²) in [6, 6.07) is 0. The average molecular weight is 190 g/mol. The van der Waals surface area contributed by atoms with Crippen molar-refractivity contribution in [3.8, 4) is 0 Å². The van der Waals surface area contributed by atoms with E-state index in [1.807, 2.05) is 19.0 Å². The summed E-state index contributed by atoms with van der Waals surface area (Å²) in [7, 11) is 3.77. The van der Waals surface area contributed by atoms with Crippen LogP contribution in [-0.2, 0) is 0 Å². The van der Waals surface area contributed by atoms with Gasteiger partial charge in [-0.05, 0) is 0 Å². The van der Waals surface area contributed by atoms with Gasteiger partial charge in [0, 0.05) is 14.1 Å². The van der Waals surface area contributed by atoms with Crippen molar-refractivity contribution < 1.29 is 0 Å². The number of aliphatic imine (C=N–C) groups is 1. The fourth-order valence-electron chi connectivity index (χ4n) is 0.956. The monoisotopic (exact) mass is 190 g/mol. The quantitative estimate of drug-likeness (QED) is 0.555. The molecular weight excluding hydrogens is 180 g/mol. The highest BCUT2D eigenvalue weighted by molar-refractivity contribution is 5.70. The average Bonchev–Trinajstić information content (AvgIpc) is 2.61. The van der Waals surface area contributed by atoms with E-state index in [1.165, 1.54) is 0 Å². The normalized spacial score (nSPS) is 11.3. The fraction of sp³-hybridized carbons (Fsp3) is 0.250. The summed E-state index contributed by atoms with van der Waals surface area (Å²) in [5, 5.41) is 0. The number of hydrogen-bond donors (Lipinski definition) is 1. The van der Waals surface area contributed by atoms with Crippen molar-refractivity contribution in [2.75, 3.05) is 14.1 Å². The highest BCUT2D eigenvalue weighted by Crippen LogP contribution is 2.08. The Hall–Kier alpha value is -1.98. The number of imidazole rings is 1. The summed E-state index contributed by atoms with van der Waals surface area (Å²) >= 11 is 0. The lowest BCUT2D eigenvalue weighted by Crippen LogP contribution is -2.07. The molecule has 14 heavy (non-hydrogen) atoms. The third kappa shape index (κ3) is 1.68. The van der Waals surface area contributed by atoms with E-state index in [0.29, 0.717) is 11.6 Å². The van der Waals surface area contributed by atoms with E-state index in [-0.39, 0.29) is 0 Å². The molecule has 0 unspecified atom stereocenters. The molecule has 2 rings (SSSR count). The van der Waals surface area contributed by atoms with Crippen LogP contribution in [0, 0.1) is 0 Å². The van der Waals surface area contributed by atoms with E-state index < -0.39 is 0 Å². The van der Waals surface area contributed by atoms with E-state index in [0.717, 1.165) is 5.52 Å². The molecule has 72 valence electrons. The molecule has 0 saturated heterocycles. The molecule has 2 heterocycles. The number of fused-ring (bicyclic) bond motifs is 1. The van der Waals surface area contributed by atoms with E-state index in [9.17, 15) is 0 Å². The van der Waals surface area contributed by atoms with Crippen LogP contribution in [0.15, 0.2) is 17.5 Å². The molecule has 0 bridgehead atoms. The Morgan fingerprint density at radius 2 is 2.29 bits per heavy atom. The molecule has 0 radical (unpaired) electrons. The number of H-pyrrole nitrogens is 1. The first kappa shape index (κ1) is 8.61. The molecule has 6 nitrogen and oxygen atoms in total. The van der Waals surface area contributed by atoms with Crippen LogP contribution in [0.4, 0.5) is 5.95 Å². The second-order valence-electron chi connectivity index (χ2n) is 3.02. The van der Waals surface area contributed by atoms with Gasteiger partial charge in [0.15, 0.2) is 5.65 Å². The molecule has 2 aromatic rings. The maximum absolute atomic E-state index is 4.13. The molecular formula is C8H10N6. The zero-order valence-corrected chi connectivity index (χ0v) is 7.97. The highest BCUT2D eigenvalue weighted by atomic mass is 15.1. The smallest absolute Gasteiger partial charge is 0.252 e. The van der Waals surface area contributed by atoms with Gasteiger partial charge in [-0.2, -0.15) is 4.98 Å². The molecule has 0 aliphatic carbocycles. The lowest BCUT2D eigenvalue weighted by atomic mass is 10.6. The molecule has 6 heteroatoms. The third-order valence-corrected chi connectivity index (χ3v) is 1.57. The van der Waals surface area contributed by atoms with E-state index >= 15 is 0 Å². The largest absolute Gasteiger partial charge is 0.369 e. The van der Waals surface area contributed by atoms with Crippen LogP contribution in [0.5, 0.6) is 0 Å². The van der Waals surface area contributed by atoms with E-state index in [4.69, 9.17) is 0 Å². The van der Waals surface area contributed by atoms with E-state index in [2.05, 4.69) is 24.9 Å². The van der Waals surface area contributed by atoms with Gasteiger partial charge in [-0.1, -0.05) is 0 Å². The summed E-state index contributed by atoms with van der Waals surface area (Å²) < 4.78 is 0. The molecule has 0 fully saturated rings. The van der Waals surface area contributed by atoms with Crippen LogP contribution in [-0.4, -0.2) is 45.3 Å². The highest BCUT2D eigenvalue weighted by Gasteiger charge is 1.98. The van der Waals surface area contributed by atoms with Crippen molar-refractivity contribution in [2.45, 2.75) is 0 Å². The first-order valence-corrected chi connectivity index (χ1v) is 4.12. The van der Waals surface area contributed by atoms with Gasteiger partial charge in [0.2, 0.25) is 0 Å². The molecule has 0 aromatic carbocycles. The van der Waals surface area contributed by atoms with Gasteiger partial charge in [0.05, 0.1) is 18.9 Å². The summed E-state index contributed by atoms with van der Waals surface area (Å²) in [6.45, 7) is 0. The summed E-state index contributed by atoms with van der Waals surface area (Å²) in [4.78, 5) is 21.0. The number of nitrogens with one attached hydrogen (secondary N) is 1. The second-order valence-corrected chi connectivity index (χ2v) is 3.02. The van der Waals surface area contributed by atoms with Crippen molar-refractivity contribution in [2.24, 2.45) is 4.99 Å². The van der Waals surface area contributed by atoms with Crippen molar-refractivity contribution in [3.05, 3.63) is 12.5 Å². The van der Waals surface area contributed by atoms with Crippen molar-refractivity contribution in [3.63, 3.8) is 0 Å². The minimum atomic E-state index is 0.415. The Morgan fingerprint density at radius 1 is 1.43 bits per heavy atom. The number of aromatic nitrogens is 4.